The Bertz CT molecular complexity index is 465. The van der Waals surface area contributed by atoms with Crippen LogP contribution in [0.5, 0.6) is 0 Å². The van der Waals surface area contributed by atoms with Crippen molar-refractivity contribution in [2.24, 2.45) is 5.73 Å². The van der Waals surface area contributed by atoms with Gasteiger partial charge in [0.2, 0.25) is 0 Å². The smallest absolute Gasteiger partial charge is 0.0457 e. The maximum Gasteiger partial charge on any atom is 0.0457 e. The molecule has 16 heavy (non-hydrogen) atoms. The third-order valence-electron chi connectivity index (χ3n) is 2.65. The molecule has 1 unspecified atom stereocenters. The summed E-state index contributed by atoms with van der Waals surface area (Å²) in [6, 6.07) is 8.21. The number of fused-ring (bicyclic) bond motifs is 1. The lowest BCUT2D eigenvalue weighted by Crippen LogP contribution is -2.21. The van der Waals surface area contributed by atoms with Crippen molar-refractivity contribution in [1.82, 2.24) is 4.98 Å². The first kappa shape index (κ1) is 13.4. The van der Waals surface area contributed by atoms with E-state index in [0.29, 0.717) is 0 Å². The number of nitrogens with one attached hydrogen (secondary N) is 1. The van der Waals surface area contributed by atoms with Crippen LogP contribution in [-0.4, -0.2) is 11.0 Å². The minimum absolute atomic E-state index is 0. The highest BCUT2D eigenvalue weighted by Gasteiger charge is 2.05. The Balaban J connectivity index is 0.00000128. The molecule has 1 aromatic carbocycles. The third-order valence-corrected chi connectivity index (χ3v) is 2.88. The van der Waals surface area contributed by atoms with E-state index in [-0.39, 0.29) is 18.4 Å². The first-order chi connectivity index (χ1) is 7.19. The van der Waals surface area contributed by atoms with Gasteiger partial charge in [-0.25, -0.2) is 0 Å². The molecule has 0 saturated carbocycles. The largest absolute Gasteiger partial charge is 0.358 e. The van der Waals surface area contributed by atoms with Crippen LogP contribution >= 0.6 is 24.0 Å². The molecule has 0 aliphatic rings. The van der Waals surface area contributed by atoms with Gasteiger partial charge in [-0.1, -0.05) is 18.5 Å². The highest BCUT2D eigenvalue weighted by Crippen LogP contribution is 2.20. The Morgan fingerprint density at radius 3 is 2.81 bits per heavy atom. The van der Waals surface area contributed by atoms with Gasteiger partial charge in [-0.15, -0.1) is 12.4 Å². The van der Waals surface area contributed by atoms with Gasteiger partial charge in [-0.2, -0.15) is 0 Å². The number of aromatic amines is 1. The topological polar surface area (TPSA) is 41.8 Å². The lowest BCUT2D eigenvalue weighted by molar-refractivity contribution is 0.639. The molecule has 3 N–H and O–H groups in total. The molecule has 0 amide bonds. The van der Waals surface area contributed by atoms with E-state index in [0.717, 1.165) is 28.8 Å². The molecule has 0 saturated heterocycles. The fraction of sp³-hybridized carbons (Fsp3) is 0.333. The van der Waals surface area contributed by atoms with E-state index in [1.165, 1.54) is 5.69 Å². The normalized spacial score (nSPS) is 12.4. The van der Waals surface area contributed by atoms with E-state index in [1.54, 1.807) is 0 Å². The zero-order valence-electron chi connectivity index (χ0n) is 9.16. The number of nitrogens with two attached hydrogens (primary N) is 1. The molecule has 0 spiro atoms. The van der Waals surface area contributed by atoms with Crippen LogP contribution in [0.15, 0.2) is 24.3 Å². The number of benzene rings is 1. The Hall–Kier alpha value is -0.700. The van der Waals surface area contributed by atoms with Gasteiger partial charge in [0.25, 0.3) is 0 Å². The minimum Gasteiger partial charge on any atom is -0.358 e. The van der Waals surface area contributed by atoms with Gasteiger partial charge >= 0.3 is 0 Å². The summed E-state index contributed by atoms with van der Waals surface area (Å²) in [4.78, 5) is 3.35. The predicted molar refractivity (Wildman–Crippen MR) is 72.5 cm³/mol. The summed E-state index contributed by atoms with van der Waals surface area (Å²) in [6.07, 6.45) is 1.89. The summed E-state index contributed by atoms with van der Waals surface area (Å²) in [5.74, 6) is 0. The van der Waals surface area contributed by atoms with Crippen LogP contribution in [0.3, 0.4) is 0 Å². The molecular weight excluding hydrogens is 243 g/mol. The van der Waals surface area contributed by atoms with Crippen LogP contribution in [0, 0.1) is 0 Å². The highest BCUT2D eigenvalue weighted by atomic mass is 35.5. The second-order valence-electron chi connectivity index (χ2n) is 3.90. The molecule has 88 valence electrons. The summed E-state index contributed by atoms with van der Waals surface area (Å²) >= 11 is 5.92. The molecule has 2 rings (SSSR count). The van der Waals surface area contributed by atoms with Crippen LogP contribution in [0.2, 0.25) is 5.02 Å². The maximum atomic E-state index is 5.92. The standard InChI is InChI=1S/C12H15ClN2.ClH/c1-2-10(14)7-11-6-8-5-9(13)3-4-12(8)15-11;/h3-6,10,15H,2,7,14H2,1H3;1H. The summed E-state index contributed by atoms with van der Waals surface area (Å²) in [6.45, 7) is 2.10. The van der Waals surface area contributed by atoms with Gasteiger partial charge in [-0.3, -0.25) is 0 Å². The molecular formula is C12H16Cl2N2. The fourth-order valence-corrected chi connectivity index (χ4v) is 1.88. The van der Waals surface area contributed by atoms with Crippen molar-refractivity contribution in [2.45, 2.75) is 25.8 Å². The lowest BCUT2D eigenvalue weighted by atomic mass is 10.1. The average Bonchev–Trinajstić information content (AvgIpc) is 2.59. The Morgan fingerprint density at radius 1 is 1.38 bits per heavy atom. The maximum absolute atomic E-state index is 5.92. The number of hydrogen-bond donors (Lipinski definition) is 2. The molecule has 0 aliphatic carbocycles. The van der Waals surface area contributed by atoms with Crippen LogP contribution in [-0.2, 0) is 6.42 Å². The molecule has 0 radical (unpaired) electrons. The first-order valence-electron chi connectivity index (χ1n) is 5.21. The van der Waals surface area contributed by atoms with Crippen molar-refractivity contribution in [1.29, 1.82) is 0 Å². The fourth-order valence-electron chi connectivity index (χ4n) is 1.70. The van der Waals surface area contributed by atoms with E-state index in [9.17, 15) is 0 Å². The summed E-state index contributed by atoms with van der Waals surface area (Å²) in [5, 5.41) is 1.92. The lowest BCUT2D eigenvalue weighted by Gasteiger charge is -2.05. The van der Waals surface area contributed by atoms with E-state index < -0.39 is 0 Å². The van der Waals surface area contributed by atoms with Gasteiger partial charge in [-0.05, 0) is 30.7 Å². The average molecular weight is 259 g/mol. The van der Waals surface area contributed by atoms with Crippen molar-refractivity contribution in [2.75, 3.05) is 0 Å². The molecule has 0 aliphatic heterocycles. The van der Waals surface area contributed by atoms with Gasteiger partial charge in [0.1, 0.15) is 0 Å². The van der Waals surface area contributed by atoms with Crippen molar-refractivity contribution < 1.29 is 0 Å². The summed E-state index contributed by atoms with van der Waals surface area (Å²) in [7, 11) is 0. The number of H-pyrrole nitrogens is 1. The Labute approximate surface area is 107 Å². The molecule has 0 fully saturated rings. The van der Waals surface area contributed by atoms with Crippen LogP contribution in [0.4, 0.5) is 0 Å². The van der Waals surface area contributed by atoms with Crippen molar-refractivity contribution in [3.8, 4) is 0 Å². The number of halogens is 2. The minimum atomic E-state index is 0. The summed E-state index contributed by atoms with van der Waals surface area (Å²) < 4.78 is 0. The monoisotopic (exact) mass is 258 g/mol. The van der Waals surface area contributed by atoms with Gasteiger partial charge in [0.05, 0.1) is 0 Å². The zero-order chi connectivity index (χ0) is 10.8. The Kier molecular flexibility index (Phi) is 4.66. The van der Waals surface area contributed by atoms with E-state index >= 15 is 0 Å². The van der Waals surface area contributed by atoms with Crippen molar-refractivity contribution in [3.05, 3.63) is 35.0 Å². The Morgan fingerprint density at radius 2 is 2.12 bits per heavy atom. The molecule has 2 nitrogen and oxygen atoms in total. The molecule has 1 heterocycles. The zero-order valence-corrected chi connectivity index (χ0v) is 10.7. The predicted octanol–water partition coefficient (Wildman–Crippen LogP) is 3.52. The van der Waals surface area contributed by atoms with Crippen LogP contribution in [0.25, 0.3) is 10.9 Å². The number of hydrogen-bond acceptors (Lipinski definition) is 1. The third kappa shape index (κ3) is 2.91. The molecule has 2 aromatic rings. The quantitative estimate of drug-likeness (QED) is 0.869. The van der Waals surface area contributed by atoms with E-state index in [4.69, 9.17) is 17.3 Å². The molecule has 0 bridgehead atoms. The SMILES string of the molecule is CCC(N)Cc1cc2cc(Cl)ccc2[nH]1.Cl. The molecule has 4 heteroatoms. The van der Waals surface area contributed by atoms with E-state index in [1.807, 2.05) is 18.2 Å². The van der Waals surface area contributed by atoms with Gasteiger partial charge in [0, 0.05) is 34.1 Å². The van der Waals surface area contributed by atoms with Gasteiger partial charge in [0.15, 0.2) is 0 Å². The van der Waals surface area contributed by atoms with Crippen LogP contribution < -0.4 is 5.73 Å². The second-order valence-corrected chi connectivity index (χ2v) is 4.34. The number of rotatable bonds is 3. The van der Waals surface area contributed by atoms with Crippen molar-refractivity contribution >= 4 is 34.9 Å². The second kappa shape index (κ2) is 5.58. The number of aromatic nitrogens is 1. The van der Waals surface area contributed by atoms with Gasteiger partial charge < -0.3 is 10.7 Å². The molecule has 1 aromatic heterocycles. The van der Waals surface area contributed by atoms with E-state index in [2.05, 4.69) is 18.0 Å². The molecule has 1 atom stereocenters. The highest BCUT2D eigenvalue weighted by molar-refractivity contribution is 6.31. The summed E-state index contributed by atoms with van der Waals surface area (Å²) in [5.41, 5.74) is 8.22. The van der Waals surface area contributed by atoms with Crippen LogP contribution in [0.1, 0.15) is 19.0 Å². The van der Waals surface area contributed by atoms with Crippen molar-refractivity contribution in [3.63, 3.8) is 0 Å². The first-order valence-corrected chi connectivity index (χ1v) is 5.59.